The Balaban J connectivity index is 2.12. The summed E-state index contributed by atoms with van der Waals surface area (Å²) in [6.45, 7) is 11.3. The monoisotopic (exact) mass is 315 g/mol. The lowest BCUT2D eigenvalue weighted by molar-refractivity contribution is 0.0847. The number of likely N-dealkylation sites (tertiary alicyclic amines) is 1. The van der Waals surface area contributed by atoms with Gasteiger partial charge in [0.15, 0.2) is 5.78 Å². The number of carbonyl (C=O) groups is 1. The van der Waals surface area contributed by atoms with E-state index in [4.69, 9.17) is 0 Å². The highest BCUT2D eigenvalue weighted by molar-refractivity contribution is 5.98. The van der Waals surface area contributed by atoms with Crippen molar-refractivity contribution in [2.24, 2.45) is 11.3 Å². The number of benzene rings is 1. The molecule has 0 aromatic heterocycles. The number of Topliss-reactive ketones (excluding diaryl/α,β-unsaturated/α-hetero) is 1. The molecule has 0 saturated carbocycles. The lowest BCUT2D eigenvalue weighted by Crippen LogP contribution is -2.39. The predicted octanol–water partition coefficient (Wildman–Crippen LogP) is 5.19. The summed E-state index contributed by atoms with van der Waals surface area (Å²) in [4.78, 5) is 15.6. The van der Waals surface area contributed by atoms with E-state index >= 15 is 0 Å². The minimum atomic E-state index is 0.165. The van der Waals surface area contributed by atoms with Crippen molar-refractivity contribution < 1.29 is 4.79 Å². The Morgan fingerprint density at radius 2 is 1.87 bits per heavy atom. The van der Waals surface area contributed by atoms with E-state index in [-0.39, 0.29) is 11.3 Å². The molecule has 2 nitrogen and oxygen atoms in total. The van der Waals surface area contributed by atoms with Crippen molar-refractivity contribution in [1.29, 1.82) is 0 Å². The van der Waals surface area contributed by atoms with Crippen LogP contribution < -0.4 is 0 Å². The summed E-state index contributed by atoms with van der Waals surface area (Å²) in [5.41, 5.74) is 1.14. The summed E-state index contributed by atoms with van der Waals surface area (Å²) < 4.78 is 0. The van der Waals surface area contributed by atoms with Crippen LogP contribution in [0.1, 0.15) is 70.2 Å². The normalized spacial score (nSPS) is 22.4. The quantitative estimate of drug-likeness (QED) is 0.510. The fourth-order valence-corrected chi connectivity index (χ4v) is 3.78. The van der Waals surface area contributed by atoms with Gasteiger partial charge in [-0.05, 0) is 37.8 Å². The third kappa shape index (κ3) is 5.17. The van der Waals surface area contributed by atoms with Crippen LogP contribution in [-0.4, -0.2) is 29.8 Å². The maximum absolute atomic E-state index is 13.0. The molecule has 23 heavy (non-hydrogen) atoms. The SMILES string of the molecule is CCCCCN1CC[C@@H](C(=O)c2ccccc2)[C@@H]1CC(C)(C)C. The fourth-order valence-electron chi connectivity index (χ4n) is 3.78. The number of carbonyl (C=O) groups excluding carboxylic acids is 1. The zero-order chi connectivity index (χ0) is 16.9. The summed E-state index contributed by atoms with van der Waals surface area (Å²) in [7, 11) is 0. The topological polar surface area (TPSA) is 20.3 Å². The predicted molar refractivity (Wildman–Crippen MR) is 97.8 cm³/mol. The van der Waals surface area contributed by atoms with Crippen molar-refractivity contribution >= 4 is 5.78 Å². The first-order valence-electron chi connectivity index (χ1n) is 9.25. The van der Waals surface area contributed by atoms with Crippen LogP contribution in [0.4, 0.5) is 0 Å². The Kier molecular flexibility index (Phi) is 6.41. The molecular formula is C21H33NO. The van der Waals surface area contributed by atoms with Crippen LogP contribution in [0.2, 0.25) is 0 Å². The zero-order valence-corrected chi connectivity index (χ0v) is 15.3. The van der Waals surface area contributed by atoms with Crippen LogP contribution in [0.5, 0.6) is 0 Å². The first kappa shape index (κ1) is 18.2. The Morgan fingerprint density at radius 1 is 1.17 bits per heavy atom. The van der Waals surface area contributed by atoms with Gasteiger partial charge in [-0.15, -0.1) is 0 Å². The molecule has 1 fully saturated rings. The highest BCUT2D eigenvalue weighted by Crippen LogP contribution is 2.35. The Bertz CT molecular complexity index is 488. The second kappa shape index (κ2) is 8.10. The first-order chi connectivity index (χ1) is 10.9. The molecule has 128 valence electrons. The summed E-state index contributed by atoms with van der Waals surface area (Å²) in [5, 5.41) is 0. The van der Waals surface area contributed by atoms with E-state index in [1.807, 2.05) is 30.3 Å². The molecule has 2 heteroatoms. The van der Waals surface area contributed by atoms with E-state index in [1.165, 1.54) is 19.3 Å². The molecule has 2 atom stereocenters. The van der Waals surface area contributed by atoms with Crippen molar-refractivity contribution in [2.75, 3.05) is 13.1 Å². The average molecular weight is 316 g/mol. The molecule has 1 saturated heterocycles. The van der Waals surface area contributed by atoms with E-state index < -0.39 is 0 Å². The fraction of sp³-hybridized carbons (Fsp3) is 0.667. The molecule has 2 rings (SSSR count). The third-order valence-electron chi connectivity index (χ3n) is 4.93. The Hall–Kier alpha value is -1.15. The number of unbranched alkanes of at least 4 members (excludes halogenated alkanes) is 2. The van der Waals surface area contributed by atoms with Crippen molar-refractivity contribution in [1.82, 2.24) is 4.90 Å². The van der Waals surface area contributed by atoms with Crippen LogP contribution in [0, 0.1) is 11.3 Å². The van der Waals surface area contributed by atoms with Crippen molar-refractivity contribution in [3.63, 3.8) is 0 Å². The van der Waals surface area contributed by atoms with Gasteiger partial charge in [-0.25, -0.2) is 0 Å². The van der Waals surface area contributed by atoms with Gasteiger partial charge in [0, 0.05) is 17.5 Å². The van der Waals surface area contributed by atoms with Gasteiger partial charge in [0.2, 0.25) is 0 Å². The minimum absolute atomic E-state index is 0.165. The van der Waals surface area contributed by atoms with Gasteiger partial charge < -0.3 is 0 Å². The minimum Gasteiger partial charge on any atom is -0.300 e. The maximum atomic E-state index is 13.0. The lowest BCUT2D eigenvalue weighted by Gasteiger charge is -2.33. The van der Waals surface area contributed by atoms with Gasteiger partial charge in [0.1, 0.15) is 0 Å². The van der Waals surface area contributed by atoms with Crippen molar-refractivity contribution in [3.05, 3.63) is 35.9 Å². The van der Waals surface area contributed by atoms with E-state index in [0.29, 0.717) is 11.8 Å². The van der Waals surface area contributed by atoms with Gasteiger partial charge >= 0.3 is 0 Å². The molecule has 0 N–H and O–H groups in total. The maximum Gasteiger partial charge on any atom is 0.167 e. The molecule has 1 aromatic rings. The van der Waals surface area contributed by atoms with Crippen LogP contribution in [0.15, 0.2) is 30.3 Å². The summed E-state index contributed by atoms with van der Waals surface area (Å²) in [5.74, 6) is 0.510. The first-order valence-corrected chi connectivity index (χ1v) is 9.25. The molecule has 1 aliphatic heterocycles. The van der Waals surface area contributed by atoms with Crippen LogP contribution >= 0.6 is 0 Å². The molecule has 0 spiro atoms. The number of rotatable bonds is 7. The van der Waals surface area contributed by atoms with Gasteiger partial charge in [0.25, 0.3) is 0 Å². The van der Waals surface area contributed by atoms with Gasteiger partial charge in [0.05, 0.1) is 0 Å². The Morgan fingerprint density at radius 3 is 2.48 bits per heavy atom. The second-order valence-corrected chi connectivity index (χ2v) is 8.20. The van der Waals surface area contributed by atoms with Crippen LogP contribution in [-0.2, 0) is 0 Å². The van der Waals surface area contributed by atoms with E-state index in [0.717, 1.165) is 31.5 Å². The highest BCUT2D eigenvalue weighted by Gasteiger charge is 2.40. The standard InChI is InChI=1S/C21H33NO/c1-5-6-10-14-22-15-13-18(19(22)16-21(2,3)4)20(23)17-11-8-7-9-12-17/h7-9,11-12,18-19H,5-6,10,13-16H2,1-4H3/t18-,19+/m1/s1. The number of ketones is 1. The van der Waals surface area contributed by atoms with Crippen LogP contribution in [0.3, 0.4) is 0 Å². The molecule has 1 heterocycles. The van der Waals surface area contributed by atoms with E-state index in [9.17, 15) is 4.79 Å². The van der Waals surface area contributed by atoms with Gasteiger partial charge in [-0.1, -0.05) is 70.9 Å². The molecule has 0 radical (unpaired) electrons. The third-order valence-corrected chi connectivity index (χ3v) is 4.93. The average Bonchev–Trinajstić information content (AvgIpc) is 2.89. The number of hydrogen-bond acceptors (Lipinski definition) is 2. The zero-order valence-electron chi connectivity index (χ0n) is 15.3. The molecule has 0 amide bonds. The lowest BCUT2D eigenvalue weighted by atomic mass is 9.80. The number of nitrogens with zero attached hydrogens (tertiary/aromatic N) is 1. The van der Waals surface area contributed by atoms with E-state index in [1.54, 1.807) is 0 Å². The van der Waals surface area contributed by atoms with Gasteiger partial charge in [-0.3, -0.25) is 9.69 Å². The van der Waals surface area contributed by atoms with Gasteiger partial charge in [-0.2, -0.15) is 0 Å². The molecule has 1 aliphatic rings. The largest absolute Gasteiger partial charge is 0.300 e. The van der Waals surface area contributed by atoms with Crippen molar-refractivity contribution in [2.45, 2.75) is 65.8 Å². The Labute approximate surface area is 142 Å². The molecule has 1 aromatic carbocycles. The number of hydrogen-bond donors (Lipinski definition) is 0. The van der Waals surface area contributed by atoms with Crippen LogP contribution in [0.25, 0.3) is 0 Å². The summed E-state index contributed by atoms with van der Waals surface area (Å²) in [6, 6.07) is 10.3. The molecule has 0 unspecified atom stereocenters. The highest BCUT2D eigenvalue weighted by atomic mass is 16.1. The molecule has 0 bridgehead atoms. The molecular weight excluding hydrogens is 282 g/mol. The second-order valence-electron chi connectivity index (χ2n) is 8.20. The molecule has 0 aliphatic carbocycles. The smallest absolute Gasteiger partial charge is 0.167 e. The van der Waals surface area contributed by atoms with E-state index in [2.05, 4.69) is 32.6 Å². The summed E-state index contributed by atoms with van der Waals surface area (Å²) in [6.07, 6.45) is 5.91. The summed E-state index contributed by atoms with van der Waals surface area (Å²) >= 11 is 0. The van der Waals surface area contributed by atoms with Crippen molar-refractivity contribution in [3.8, 4) is 0 Å².